The molecule has 0 saturated carbocycles. The van der Waals surface area contributed by atoms with Crippen molar-refractivity contribution in [3.8, 4) is 29.4 Å². The Morgan fingerprint density at radius 3 is 2.45 bits per heavy atom. The number of methoxy groups -OCH3 is 1. The molecule has 1 spiro atoms. The van der Waals surface area contributed by atoms with Crippen molar-refractivity contribution in [2.75, 3.05) is 13.7 Å². The summed E-state index contributed by atoms with van der Waals surface area (Å²) in [6.45, 7) is 15.9. The van der Waals surface area contributed by atoms with Crippen molar-refractivity contribution in [3.05, 3.63) is 53.1 Å². The van der Waals surface area contributed by atoms with Crippen LogP contribution in [-0.2, 0) is 30.0 Å². The molecule has 1 aromatic rings. The Bertz CT molecular complexity index is 1260. The first-order valence-electron chi connectivity index (χ1n) is 13.2. The van der Waals surface area contributed by atoms with Crippen molar-refractivity contribution in [1.82, 2.24) is 0 Å². The minimum atomic E-state index is -2.13. The van der Waals surface area contributed by atoms with Crippen LogP contribution < -0.4 is 4.74 Å². The maximum Gasteiger partial charge on any atom is 0.193 e. The monoisotopic (exact) mass is 534 g/mol. The normalized spacial score (nSPS) is 32.5. The molecule has 0 radical (unpaired) electrons. The third-order valence-corrected chi connectivity index (χ3v) is 12.6. The lowest BCUT2D eigenvalue weighted by atomic mass is 9.94. The summed E-state index contributed by atoms with van der Waals surface area (Å²) in [5, 5.41) is 0.0422. The molecular weight excluding hydrogens is 496 g/mol. The van der Waals surface area contributed by atoms with Gasteiger partial charge in [-0.1, -0.05) is 56.6 Å². The van der Waals surface area contributed by atoms with Crippen LogP contribution in [0.2, 0.25) is 18.1 Å². The van der Waals surface area contributed by atoms with E-state index in [4.69, 9.17) is 28.1 Å². The van der Waals surface area contributed by atoms with E-state index in [0.717, 1.165) is 22.5 Å². The van der Waals surface area contributed by atoms with Gasteiger partial charge in [0.05, 0.1) is 26.4 Å². The van der Waals surface area contributed by atoms with Gasteiger partial charge in [0, 0.05) is 17.2 Å². The van der Waals surface area contributed by atoms with Crippen LogP contribution in [0.25, 0.3) is 0 Å². The third kappa shape index (κ3) is 5.12. The summed E-state index contributed by atoms with van der Waals surface area (Å²) in [6, 6.07) is 7.91. The van der Waals surface area contributed by atoms with Gasteiger partial charge < -0.3 is 28.1 Å². The highest BCUT2D eigenvalue weighted by atomic mass is 28.4. The molecule has 7 heteroatoms. The lowest BCUT2D eigenvalue weighted by Crippen LogP contribution is -2.49. The van der Waals surface area contributed by atoms with Crippen molar-refractivity contribution < 1.29 is 28.1 Å². The molecule has 5 atom stereocenters. The quantitative estimate of drug-likeness (QED) is 0.274. The standard InChI is InChI=1S/C31H38O6Si/c1-29(2,3)38(7,8)37-25-18-23-15-14-22(26-20-34-30(4,5)35-26)10-9-11-27-31(23,36-27)28(25)33-19-21-12-16-24(32-6)17-13-21/h10,12-13,16-18,25-28H,19-20H2,1-8H3/b22-10+/t25-,26+,27-,28+,31+/m0/s1. The van der Waals surface area contributed by atoms with Crippen LogP contribution in [0.15, 0.2) is 47.6 Å². The van der Waals surface area contributed by atoms with Crippen molar-refractivity contribution in [3.63, 3.8) is 0 Å². The average Bonchev–Trinajstić information content (AvgIpc) is 3.30. The fourth-order valence-corrected chi connectivity index (χ4v) is 5.99. The summed E-state index contributed by atoms with van der Waals surface area (Å²) in [6.07, 6.45) is 2.71. The van der Waals surface area contributed by atoms with Crippen molar-refractivity contribution in [2.24, 2.45) is 0 Å². The summed E-state index contributed by atoms with van der Waals surface area (Å²) in [5.41, 5.74) is 1.98. The minimum absolute atomic E-state index is 0.0422. The number of ether oxygens (including phenoxy) is 5. The third-order valence-electron chi connectivity index (χ3n) is 8.08. The van der Waals surface area contributed by atoms with Gasteiger partial charge in [0.1, 0.15) is 18.0 Å². The maximum absolute atomic E-state index is 6.91. The summed E-state index contributed by atoms with van der Waals surface area (Å²) in [4.78, 5) is 0. The number of hydrogen-bond acceptors (Lipinski definition) is 6. The van der Waals surface area contributed by atoms with Crippen molar-refractivity contribution in [1.29, 1.82) is 0 Å². The van der Waals surface area contributed by atoms with Crippen LogP contribution >= 0.6 is 0 Å². The summed E-state index contributed by atoms with van der Waals surface area (Å²) in [5.74, 6) is 13.4. The summed E-state index contributed by atoms with van der Waals surface area (Å²) < 4.78 is 37.0. The van der Waals surface area contributed by atoms with Crippen LogP contribution in [0.1, 0.15) is 40.2 Å². The SMILES string of the molecule is COc1ccc(CO[C@@H]2[C@@H](O[Si](C)(C)C(C)(C)C)C=C3C#C/C([C@H]4COC(C)(C)O4)=C\C#C[C@@H]4O[C@]342)cc1. The lowest BCUT2D eigenvalue weighted by Gasteiger charge is -2.39. The smallest absolute Gasteiger partial charge is 0.193 e. The van der Waals surface area contributed by atoms with Crippen LogP contribution in [0.3, 0.4) is 0 Å². The summed E-state index contributed by atoms with van der Waals surface area (Å²) in [7, 11) is -0.463. The summed E-state index contributed by atoms with van der Waals surface area (Å²) >= 11 is 0. The van der Waals surface area contributed by atoms with Gasteiger partial charge in [-0.25, -0.2) is 0 Å². The highest BCUT2D eigenvalue weighted by molar-refractivity contribution is 6.74. The van der Waals surface area contributed by atoms with E-state index in [0.29, 0.717) is 13.2 Å². The molecule has 2 aliphatic carbocycles. The second-order valence-corrected chi connectivity index (χ2v) is 17.0. The molecule has 202 valence electrons. The molecule has 0 N–H and O–H groups in total. The molecule has 2 saturated heterocycles. The Hall–Kier alpha value is -2.36. The van der Waals surface area contributed by atoms with E-state index >= 15 is 0 Å². The number of rotatable bonds is 7. The second-order valence-electron chi connectivity index (χ2n) is 12.2. The Morgan fingerprint density at radius 1 is 1.08 bits per heavy atom. The highest BCUT2D eigenvalue weighted by Gasteiger charge is 2.69. The predicted octanol–water partition coefficient (Wildman–Crippen LogP) is 5.15. The molecule has 38 heavy (non-hydrogen) atoms. The van der Waals surface area contributed by atoms with Crippen LogP contribution in [0.4, 0.5) is 0 Å². The topological polar surface area (TPSA) is 58.7 Å². The molecule has 2 aliphatic heterocycles. The molecule has 0 amide bonds. The molecule has 0 bridgehead atoms. The Labute approximate surface area is 227 Å². The zero-order valence-corrected chi connectivity index (χ0v) is 24.6. The van der Waals surface area contributed by atoms with Gasteiger partial charge in [0.25, 0.3) is 0 Å². The molecule has 4 aliphatic rings. The van der Waals surface area contributed by atoms with E-state index in [1.54, 1.807) is 7.11 Å². The lowest BCUT2D eigenvalue weighted by molar-refractivity contribution is -0.133. The minimum Gasteiger partial charge on any atom is -0.497 e. The van der Waals surface area contributed by atoms with Crippen molar-refractivity contribution >= 4 is 8.32 Å². The Morgan fingerprint density at radius 2 is 1.82 bits per heavy atom. The molecular formula is C31H38O6Si. The van der Waals surface area contributed by atoms with E-state index in [1.807, 2.05) is 44.2 Å². The fraction of sp³-hybridized carbons (Fsp3) is 0.548. The molecule has 0 unspecified atom stereocenters. The van der Waals surface area contributed by atoms with Crippen molar-refractivity contribution in [2.45, 2.75) is 95.2 Å². The number of benzene rings is 1. The average molecular weight is 535 g/mol. The largest absolute Gasteiger partial charge is 0.497 e. The first-order valence-corrected chi connectivity index (χ1v) is 16.1. The van der Waals surface area contributed by atoms with E-state index in [-0.39, 0.29) is 29.5 Å². The van der Waals surface area contributed by atoms with Gasteiger partial charge in [-0.15, -0.1) is 0 Å². The zero-order valence-electron chi connectivity index (χ0n) is 23.6. The Balaban J connectivity index is 1.45. The molecule has 5 rings (SSSR count). The van der Waals surface area contributed by atoms with Crippen LogP contribution in [-0.4, -0.2) is 57.8 Å². The zero-order chi connectivity index (χ0) is 27.3. The van der Waals surface area contributed by atoms with Crippen LogP contribution in [0.5, 0.6) is 5.75 Å². The van der Waals surface area contributed by atoms with Gasteiger partial charge in [0.2, 0.25) is 0 Å². The van der Waals surface area contributed by atoms with Crippen LogP contribution in [0, 0.1) is 23.7 Å². The van der Waals surface area contributed by atoms with E-state index in [9.17, 15) is 0 Å². The van der Waals surface area contributed by atoms with Gasteiger partial charge in [-0.2, -0.15) is 0 Å². The Kier molecular flexibility index (Phi) is 6.93. The predicted molar refractivity (Wildman–Crippen MR) is 148 cm³/mol. The fourth-order valence-electron chi connectivity index (χ4n) is 4.76. The van der Waals surface area contributed by atoms with Gasteiger partial charge in [0.15, 0.2) is 25.8 Å². The number of epoxide rings is 1. The van der Waals surface area contributed by atoms with Gasteiger partial charge in [-0.05, 0) is 55.8 Å². The van der Waals surface area contributed by atoms with Gasteiger partial charge in [-0.3, -0.25) is 0 Å². The number of allylic oxidation sites excluding steroid dienone is 1. The highest BCUT2D eigenvalue weighted by Crippen LogP contribution is 2.54. The first kappa shape index (κ1) is 27.2. The van der Waals surface area contributed by atoms with E-state index < -0.39 is 19.7 Å². The molecule has 1 aromatic carbocycles. The first-order chi connectivity index (χ1) is 17.8. The number of hydrogen-bond donors (Lipinski definition) is 0. The molecule has 2 fully saturated rings. The molecule has 6 nitrogen and oxygen atoms in total. The maximum atomic E-state index is 6.91. The van der Waals surface area contributed by atoms with E-state index in [1.165, 1.54) is 0 Å². The van der Waals surface area contributed by atoms with E-state index in [2.05, 4.69) is 63.6 Å². The van der Waals surface area contributed by atoms with Gasteiger partial charge >= 0.3 is 0 Å². The molecule has 0 aromatic heterocycles. The second kappa shape index (κ2) is 9.68. The molecule has 2 heterocycles.